The number of urea groups is 1. The molecule has 1 aromatic heterocycles. The fourth-order valence-electron chi connectivity index (χ4n) is 4.34. The number of carboxylic acids is 1. The third-order valence-electron chi connectivity index (χ3n) is 6.03. The van der Waals surface area contributed by atoms with Crippen LogP contribution >= 0.6 is 0 Å². The molecule has 32 heavy (non-hydrogen) atoms. The topological polar surface area (TPSA) is 91.1 Å². The molecule has 0 saturated carbocycles. The molecule has 2 aromatic carbocycles. The van der Waals surface area contributed by atoms with Crippen LogP contribution in [0.4, 0.5) is 4.79 Å². The van der Waals surface area contributed by atoms with E-state index < -0.39 is 17.5 Å². The summed E-state index contributed by atoms with van der Waals surface area (Å²) >= 11 is 0. The minimum absolute atomic E-state index is 0.203. The van der Waals surface area contributed by atoms with E-state index in [4.69, 9.17) is 4.42 Å². The Bertz CT molecular complexity index is 1230. The first kappa shape index (κ1) is 21.6. The quantitative estimate of drug-likeness (QED) is 0.624. The Morgan fingerprint density at radius 1 is 1.16 bits per heavy atom. The summed E-state index contributed by atoms with van der Waals surface area (Å²) in [5, 5.41) is 10.1. The molecule has 7 heteroatoms. The monoisotopic (exact) mass is 434 g/mol. The Morgan fingerprint density at radius 3 is 2.69 bits per heavy atom. The molecular formula is C25H26N2O5. The molecule has 3 aromatic rings. The third-order valence-corrected chi connectivity index (χ3v) is 6.03. The number of carbonyl (C=O) groups is 2. The number of aryl methyl sites for hydroxylation is 1. The normalized spacial score (nSPS) is 16.2. The van der Waals surface area contributed by atoms with Gasteiger partial charge in [0.05, 0.1) is 5.92 Å². The van der Waals surface area contributed by atoms with Crippen LogP contribution in [-0.2, 0) is 11.3 Å². The number of carboxylic acid groups (broad SMARTS) is 1. The first-order valence-corrected chi connectivity index (χ1v) is 10.7. The highest BCUT2D eigenvalue weighted by molar-refractivity contribution is 5.94. The van der Waals surface area contributed by atoms with E-state index in [0.717, 1.165) is 27.6 Å². The summed E-state index contributed by atoms with van der Waals surface area (Å²) in [5.41, 5.74) is 3.73. The summed E-state index contributed by atoms with van der Waals surface area (Å²) in [7, 11) is 1.69. The smallest absolute Gasteiger partial charge is 0.336 e. The average molecular weight is 434 g/mol. The van der Waals surface area contributed by atoms with Crippen molar-refractivity contribution in [3.05, 3.63) is 70.1 Å². The molecule has 0 bridgehead atoms. The lowest BCUT2D eigenvalue weighted by atomic mass is 9.97. The molecule has 1 fully saturated rings. The van der Waals surface area contributed by atoms with Crippen LogP contribution in [0.3, 0.4) is 0 Å². The van der Waals surface area contributed by atoms with Gasteiger partial charge in [0, 0.05) is 43.7 Å². The Labute approximate surface area is 185 Å². The van der Waals surface area contributed by atoms with Crippen LogP contribution in [0, 0.1) is 12.8 Å². The van der Waals surface area contributed by atoms with Gasteiger partial charge in [-0.05, 0) is 42.5 Å². The highest BCUT2D eigenvalue weighted by Crippen LogP contribution is 2.30. The summed E-state index contributed by atoms with van der Waals surface area (Å²) in [6, 6.07) is 14.8. The fraction of sp³-hybridized carbons (Fsp3) is 0.320. The van der Waals surface area contributed by atoms with Crippen LogP contribution in [0.2, 0.25) is 0 Å². The van der Waals surface area contributed by atoms with Crippen molar-refractivity contribution in [2.24, 2.45) is 5.92 Å². The van der Waals surface area contributed by atoms with E-state index in [1.54, 1.807) is 22.9 Å². The van der Waals surface area contributed by atoms with E-state index in [1.807, 2.05) is 43.3 Å². The molecule has 1 N–H and O–H groups in total. The number of hydrogen-bond donors (Lipinski definition) is 1. The molecular weight excluding hydrogens is 408 g/mol. The molecule has 0 unspecified atom stereocenters. The molecule has 0 spiro atoms. The van der Waals surface area contributed by atoms with Crippen molar-refractivity contribution in [2.75, 3.05) is 20.1 Å². The summed E-state index contributed by atoms with van der Waals surface area (Å²) < 4.78 is 5.47. The minimum atomic E-state index is -0.862. The lowest BCUT2D eigenvalue weighted by Crippen LogP contribution is -2.47. The second kappa shape index (κ2) is 8.86. The number of piperidine rings is 1. The zero-order valence-corrected chi connectivity index (χ0v) is 18.2. The van der Waals surface area contributed by atoms with Gasteiger partial charge in [-0.1, -0.05) is 36.4 Å². The first-order chi connectivity index (χ1) is 15.3. The van der Waals surface area contributed by atoms with E-state index in [0.29, 0.717) is 31.5 Å². The Morgan fingerprint density at radius 2 is 1.94 bits per heavy atom. The van der Waals surface area contributed by atoms with E-state index in [2.05, 4.69) is 0 Å². The van der Waals surface area contributed by atoms with Crippen molar-refractivity contribution in [3.63, 3.8) is 0 Å². The maximum atomic E-state index is 12.9. The van der Waals surface area contributed by atoms with Gasteiger partial charge in [-0.15, -0.1) is 0 Å². The molecule has 0 aliphatic carbocycles. The Hall–Kier alpha value is -3.61. The minimum Gasteiger partial charge on any atom is -0.481 e. The van der Waals surface area contributed by atoms with Crippen LogP contribution in [0.25, 0.3) is 22.1 Å². The van der Waals surface area contributed by atoms with Gasteiger partial charge in [-0.3, -0.25) is 4.79 Å². The largest absolute Gasteiger partial charge is 0.481 e. The van der Waals surface area contributed by atoms with Crippen LogP contribution in [0.1, 0.15) is 24.0 Å². The van der Waals surface area contributed by atoms with Gasteiger partial charge in [-0.25, -0.2) is 9.59 Å². The van der Waals surface area contributed by atoms with Gasteiger partial charge in [0.1, 0.15) is 5.58 Å². The lowest BCUT2D eigenvalue weighted by Gasteiger charge is -2.33. The fourth-order valence-corrected chi connectivity index (χ4v) is 4.34. The molecule has 1 saturated heterocycles. The van der Waals surface area contributed by atoms with Crippen LogP contribution in [0.5, 0.6) is 0 Å². The Balaban J connectivity index is 1.58. The van der Waals surface area contributed by atoms with Crippen molar-refractivity contribution < 1.29 is 19.1 Å². The van der Waals surface area contributed by atoms with E-state index in [-0.39, 0.29) is 12.6 Å². The van der Waals surface area contributed by atoms with E-state index in [9.17, 15) is 19.5 Å². The highest BCUT2D eigenvalue weighted by Gasteiger charge is 2.29. The number of amides is 2. The molecule has 7 nitrogen and oxygen atoms in total. The lowest BCUT2D eigenvalue weighted by molar-refractivity contribution is -0.143. The zero-order valence-electron chi connectivity index (χ0n) is 18.2. The number of hydrogen-bond acceptors (Lipinski definition) is 4. The number of likely N-dealkylation sites (tertiary alicyclic amines) is 1. The highest BCUT2D eigenvalue weighted by atomic mass is 16.4. The first-order valence-electron chi connectivity index (χ1n) is 10.7. The number of aliphatic carboxylic acids is 1. The van der Waals surface area contributed by atoms with Crippen LogP contribution in [-0.4, -0.2) is 47.0 Å². The van der Waals surface area contributed by atoms with E-state index >= 15 is 0 Å². The maximum Gasteiger partial charge on any atom is 0.336 e. The van der Waals surface area contributed by atoms with E-state index in [1.165, 1.54) is 6.07 Å². The maximum absolute atomic E-state index is 12.9. The van der Waals surface area contributed by atoms with Crippen molar-refractivity contribution in [1.29, 1.82) is 0 Å². The van der Waals surface area contributed by atoms with Crippen LogP contribution < -0.4 is 5.63 Å². The van der Waals surface area contributed by atoms with Gasteiger partial charge in [0.25, 0.3) is 0 Å². The summed E-state index contributed by atoms with van der Waals surface area (Å²) in [6.45, 7) is 3.10. The molecule has 2 amide bonds. The predicted octanol–water partition coefficient (Wildman–Crippen LogP) is 4.12. The average Bonchev–Trinajstić information content (AvgIpc) is 2.78. The SMILES string of the molecule is Cc1ccccc1-c1cc(=O)oc2cc(CN(C)C(=O)N3CCC[C@H](C(=O)O)C3)ccc12. The molecule has 166 valence electrons. The molecule has 1 aliphatic heterocycles. The summed E-state index contributed by atoms with van der Waals surface area (Å²) in [5.74, 6) is -1.38. The van der Waals surface area contributed by atoms with Crippen molar-refractivity contribution in [1.82, 2.24) is 9.80 Å². The number of carbonyl (C=O) groups excluding carboxylic acids is 1. The summed E-state index contributed by atoms with van der Waals surface area (Å²) in [6.07, 6.45) is 1.27. The zero-order chi connectivity index (χ0) is 22.8. The number of fused-ring (bicyclic) bond motifs is 1. The number of nitrogens with zero attached hydrogens (tertiary/aromatic N) is 2. The van der Waals surface area contributed by atoms with Crippen molar-refractivity contribution >= 4 is 23.0 Å². The molecule has 1 aliphatic rings. The van der Waals surface area contributed by atoms with Crippen molar-refractivity contribution in [3.8, 4) is 11.1 Å². The molecule has 2 heterocycles. The van der Waals surface area contributed by atoms with Gasteiger partial charge >= 0.3 is 17.6 Å². The molecule has 0 radical (unpaired) electrons. The number of benzene rings is 2. The predicted molar refractivity (Wildman–Crippen MR) is 121 cm³/mol. The van der Waals surface area contributed by atoms with Gasteiger partial charge in [-0.2, -0.15) is 0 Å². The third kappa shape index (κ3) is 4.37. The van der Waals surface area contributed by atoms with Crippen LogP contribution in [0.15, 0.2) is 57.7 Å². The van der Waals surface area contributed by atoms with Gasteiger partial charge < -0.3 is 19.3 Å². The molecule has 4 rings (SSSR count). The second-order valence-electron chi connectivity index (χ2n) is 8.39. The van der Waals surface area contributed by atoms with Gasteiger partial charge in [0.2, 0.25) is 0 Å². The number of rotatable bonds is 4. The Kier molecular flexibility index (Phi) is 5.99. The second-order valence-corrected chi connectivity index (χ2v) is 8.39. The molecule has 1 atom stereocenters. The summed E-state index contributed by atoms with van der Waals surface area (Å²) in [4.78, 5) is 39.5. The van der Waals surface area contributed by atoms with Gasteiger partial charge in [0.15, 0.2) is 0 Å². The van der Waals surface area contributed by atoms with Crippen molar-refractivity contribution in [2.45, 2.75) is 26.3 Å². The standard InChI is InChI=1S/C25H26N2O5/c1-16-6-3-4-8-19(16)21-13-23(28)32-22-12-17(9-10-20(21)22)14-26(2)25(31)27-11-5-7-18(15-27)24(29)30/h3-4,6,8-10,12-13,18H,5,7,11,14-15H2,1-2H3,(H,29,30)/t18-/m0/s1.